The topological polar surface area (TPSA) is 48.4 Å². The van der Waals surface area contributed by atoms with Crippen LogP contribution in [0.25, 0.3) is 0 Å². The Hall–Kier alpha value is -1.65. The second-order valence-corrected chi connectivity index (χ2v) is 2.56. The van der Waals surface area contributed by atoms with Crippen LogP contribution in [0.15, 0.2) is 12.4 Å². The third-order valence-electron chi connectivity index (χ3n) is 1.73. The zero-order valence-corrected chi connectivity index (χ0v) is 7.91. The maximum atomic E-state index is 13.2. The predicted octanol–water partition coefficient (Wildman–Crippen LogP) is 0.945. The van der Waals surface area contributed by atoms with Crippen LogP contribution >= 0.6 is 0 Å². The molecular weight excluding hydrogens is 189 g/mol. The molecule has 14 heavy (non-hydrogen) atoms. The van der Waals surface area contributed by atoms with Gasteiger partial charge in [0, 0.05) is 5.56 Å². The first-order chi connectivity index (χ1) is 6.69. The van der Waals surface area contributed by atoms with Crippen LogP contribution < -0.4 is 4.74 Å². The first-order valence-electron chi connectivity index (χ1n) is 3.92. The Bertz CT molecular complexity index is 341. The lowest BCUT2D eigenvalue weighted by atomic mass is 10.2. The third kappa shape index (κ3) is 2.18. The highest BCUT2D eigenvalue weighted by molar-refractivity contribution is 5.73. The summed E-state index contributed by atoms with van der Waals surface area (Å²) in [6, 6.07) is 0. The van der Waals surface area contributed by atoms with Crippen molar-refractivity contribution in [3.8, 4) is 5.75 Å². The minimum absolute atomic E-state index is 0.159. The van der Waals surface area contributed by atoms with Crippen LogP contribution in [0.3, 0.4) is 0 Å². The molecule has 0 amide bonds. The highest BCUT2D eigenvalue weighted by Crippen LogP contribution is 2.20. The van der Waals surface area contributed by atoms with E-state index in [0.29, 0.717) is 0 Å². The summed E-state index contributed by atoms with van der Waals surface area (Å²) in [5.74, 6) is -0.849. The number of hydrogen-bond donors (Lipinski definition) is 0. The molecule has 1 rings (SSSR count). The van der Waals surface area contributed by atoms with E-state index in [9.17, 15) is 9.18 Å². The molecule has 76 valence electrons. The maximum Gasteiger partial charge on any atom is 0.310 e. The van der Waals surface area contributed by atoms with Crippen molar-refractivity contribution in [3.05, 3.63) is 23.8 Å². The van der Waals surface area contributed by atoms with E-state index in [1.165, 1.54) is 20.4 Å². The third-order valence-corrected chi connectivity index (χ3v) is 1.73. The number of carbonyl (C=O) groups excluding carboxylic acids is 1. The van der Waals surface area contributed by atoms with E-state index in [1.54, 1.807) is 0 Å². The molecule has 0 saturated carbocycles. The monoisotopic (exact) mass is 199 g/mol. The lowest BCUT2D eigenvalue weighted by Crippen LogP contribution is -2.08. The smallest absolute Gasteiger partial charge is 0.310 e. The van der Waals surface area contributed by atoms with Crippen LogP contribution in [-0.2, 0) is 16.0 Å². The van der Waals surface area contributed by atoms with Crippen molar-refractivity contribution in [1.82, 2.24) is 4.98 Å². The van der Waals surface area contributed by atoms with Crippen LogP contribution in [0.4, 0.5) is 4.39 Å². The summed E-state index contributed by atoms with van der Waals surface area (Å²) in [5, 5.41) is 0. The van der Waals surface area contributed by atoms with Gasteiger partial charge >= 0.3 is 5.97 Å². The molecule has 0 atom stereocenters. The van der Waals surface area contributed by atoms with Gasteiger partial charge in [0.1, 0.15) is 11.6 Å². The number of carbonyl (C=O) groups is 1. The Kier molecular flexibility index (Phi) is 3.39. The molecule has 0 saturated heterocycles. The van der Waals surface area contributed by atoms with Crippen LogP contribution in [-0.4, -0.2) is 25.2 Å². The molecule has 4 nitrogen and oxygen atoms in total. The Morgan fingerprint density at radius 3 is 2.79 bits per heavy atom. The molecule has 5 heteroatoms. The first-order valence-corrected chi connectivity index (χ1v) is 3.92. The quantitative estimate of drug-likeness (QED) is 0.680. The second kappa shape index (κ2) is 4.55. The standard InChI is InChI=1S/C9H10FNO3/c1-13-8-5-11-4-7(10)6(8)3-9(12)14-2/h4-5H,3H2,1-2H3. The number of pyridine rings is 1. The van der Waals surface area contributed by atoms with Gasteiger partial charge in [-0.1, -0.05) is 0 Å². The van der Waals surface area contributed by atoms with Gasteiger partial charge in [0.15, 0.2) is 0 Å². The van der Waals surface area contributed by atoms with Crippen molar-refractivity contribution in [1.29, 1.82) is 0 Å². The summed E-state index contributed by atoms with van der Waals surface area (Å²) in [4.78, 5) is 14.5. The second-order valence-electron chi connectivity index (χ2n) is 2.56. The van der Waals surface area contributed by atoms with E-state index in [1.807, 2.05) is 0 Å². The molecule has 0 aliphatic rings. The minimum atomic E-state index is -0.574. The maximum absolute atomic E-state index is 13.2. The van der Waals surface area contributed by atoms with Gasteiger partial charge in [-0.15, -0.1) is 0 Å². The van der Waals surface area contributed by atoms with Crippen molar-refractivity contribution >= 4 is 5.97 Å². The largest absolute Gasteiger partial charge is 0.495 e. The fourth-order valence-electron chi connectivity index (χ4n) is 1.01. The average molecular weight is 199 g/mol. The summed E-state index contributed by atoms with van der Waals surface area (Å²) in [6.45, 7) is 0. The van der Waals surface area contributed by atoms with E-state index in [0.717, 1.165) is 6.20 Å². The van der Waals surface area contributed by atoms with Gasteiger partial charge in [-0.3, -0.25) is 9.78 Å². The van der Waals surface area contributed by atoms with Gasteiger partial charge < -0.3 is 9.47 Å². The highest BCUT2D eigenvalue weighted by Gasteiger charge is 2.13. The summed E-state index contributed by atoms with van der Waals surface area (Å²) in [6.07, 6.45) is 2.22. The summed E-state index contributed by atoms with van der Waals surface area (Å²) < 4.78 is 22.5. The number of nitrogens with zero attached hydrogens (tertiary/aromatic N) is 1. The number of halogens is 1. The molecule has 0 aromatic carbocycles. The zero-order chi connectivity index (χ0) is 10.6. The van der Waals surface area contributed by atoms with Crippen LogP contribution in [0.2, 0.25) is 0 Å². The van der Waals surface area contributed by atoms with Crippen LogP contribution in [0, 0.1) is 5.82 Å². The summed E-state index contributed by atoms with van der Waals surface area (Å²) in [5.41, 5.74) is 0.161. The van der Waals surface area contributed by atoms with Crippen LogP contribution in [0.1, 0.15) is 5.56 Å². The van der Waals surface area contributed by atoms with Crippen molar-refractivity contribution in [3.63, 3.8) is 0 Å². The lowest BCUT2D eigenvalue weighted by molar-refractivity contribution is -0.139. The van der Waals surface area contributed by atoms with Crippen molar-refractivity contribution < 1.29 is 18.7 Å². The fourth-order valence-corrected chi connectivity index (χ4v) is 1.01. The normalized spacial score (nSPS) is 9.64. The predicted molar refractivity (Wildman–Crippen MR) is 46.5 cm³/mol. The molecule has 0 fully saturated rings. The molecular formula is C9H10FNO3. The molecule has 0 aliphatic heterocycles. The van der Waals surface area contributed by atoms with E-state index in [2.05, 4.69) is 9.72 Å². The van der Waals surface area contributed by atoms with E-state index >= 15 is 0 Å². The summed E-state index contributed by atoms with van der Waals surface area (Å²) >= 11 is 0. The fraction of sp³-hybridized carbons (Fsp3) is 0.333. The first kappa shape index (κ1) is 10.4. The van der Waals surface area contributed by atoms with E-state index < -0.39 is 11.8 Å². The minimum Gasteiger partial charge on any atom is -0.495 e. The van der Waals surface area contributed by atoms with Gasteiger partial charge in [-0.2, -0.15) is 0 Å². The highest BCUT2D eigenvalue weighted by atomic mass is 19.1. The number of methoxy groups -OCH3 is 2. The van der Waals surface area contributed by atoms with E-state index in [-0.39, 0.29) is 17.7 Å². The molecule has 0 unspecified atom stereocenters. The zero-order valence-electron chi connectivity index (χ0n) is 7.91. The van der Waals surface area contributed by atoms with Gasteiger partial charge in [-0.05, 0) is 0 Å². The SMILES string of the molecule is COC(=O)Cc1c(F)cncc1OC. The molecule has 1 aromatic heterocycles. The van der Waals surface area contributed by atoms with Gasteiger partial charge in [0.05, 0.1) is 33.0 Å². The molecule has 0 N–H and O–H groups in total. The summed E-state index contributed by atoms with van der Waals surface area (Å²) in [7, 11) is 2.63. The molecule has 0 bridgehead atoms. The number of esters is 1. The van der Waals surface area contributed by atoms with Crippen molar-refractivity contribution in [2.45, 2.75) is 6.42 Å². The van der Waals surface area contributed by atoms with E-state index in [4.69, 9.17) is 4.74 Å². The molecule has 0 radical (unpaired) electrons. The Balaban J connectivity index is 2.98. The average Bonchev–Trinajstić information content (AvgIpc) is 2.20. The molecule has 0 spiro atoms. The number of aromatic nitrogens is 1. The number of rotatable bonds is 3. The van der Waals surface area contributed by atoms with Gasteiger partial charge in [-0.25, -0.2) is 4.39 Å². The molecule has 0 aliphatic carbocycles. The number of hydrogen-bond acceptors (Lipinski definition) is 4. The molecule has 1 heterocycles. The number of ether oxygens (including phenoxy) is 2. The Morgan fingerprint density at radius 1 is 1.50 bits per heavy atom. The Morgan fingerprint density at radius 2 is 2.21 bits per heavy atom. The lowest BCUT2D eigenvalue weighted by Gasteiger charge is -2.07. The van der Waals surface area contributed by atoms with Crippen molar-refractivity contribution in [2.75, 3.05) is 14.2 Å². The Labute approximate surface area is 80.7 Å². The molecule has 1 aromatic rings. The van der Waals surface area contributed by atoms with Crippen LogP contribution in [0.5, 0.6) is 5.75 Å². The van der Waals surface area contributed by atoms with Gasteiger partial charge in [0.2, 0.25) is 0 Å². The van der Waals surface area contributed by atoms with Crippen molar-refractivity contribution in [2.24, 2.45) is 0 Å². The van der Waals surface area contributed by atoms with Gasteiger partial charge in [0.25, 0.3) is 0 Å².